The van der Waals surface area contributed by atoms with Crippen molar-refractivity contribution in [1.82, 2.24) is 5.32 Å². The van der Waals surface area contributed by atoms with Crippen molar-refractivity contribution in [3.8, 4) is 0 Å². The Labute approximate surface area is 142 Å². The first kappa shape index (κ1) is 16.1. The molecule has 0 aliphatic heterocycles. The average Bonchev–Trinajstić information content (AvgIpc) is 2.56. The van der Waals surface area contributed by atoms with E-state index in [2.05, 4.69) is 23.5 Å². The second kappa shape index (κ2) is 7.18. The SMILES string of the molecule is C[C@H](NC(=O)Cc1ccccc1Cl)c1ccc2c(c1)CCCC2. The van der Waals surface area contributed by atoms with Gasteiger partial charge in [-0.1, -0.05) is 48.0 Å². The highest BCUT2D eigenvalue weighted by Crippen LogP contribution is 2.25. The number of rotatable bonds is 4. The van der Waals surface area contributed by atoms with E-state index in [4.69, 9.17) is 11.6 Å². The van der Waals surface area contributed by atoms with Gasteiger partial charge in [0.25, 0.3) is 0 Å². The molecule has 0 unspecified atom stereocenters. The number of amides is 1. The minimum absolute atomic E-state index is 0.00307. The minimum atomic E-state index is 0.00307. The fourth-order valence-corrected chi connectivity index (χ4v) is 3.42. The van der Waals surface area contributed by atoms with E-state index in [1.165, 1.54) is 36.0 Å². The molecule has 0 radical (unpaired) electrons. The Morgan fingerprint density at radius 3 is 2.65 bits per heavy atom. The molecule has 0 bridgehead atoms. The molecule has 120 valence electrons. The Morgan fingerprint density at radius 1 is 1.13 bits per heavy atom. The summed E-state index contributed by atoms with van der Waals surface area (Å²) in [5.41, 5.74) is 4.96. The first-order chi connectivity index (χ1) is 11.1. The largest absolute Gasteiger partial charge is 0.349 e. The molecule has 2 nitrogen and oxygen atoms in total. The molecular weight excluding hydrogens is 306 g/mol. The third-order valence-corrected chi connectivity index (χ3v) is 4.93. The molecule has 0 saturated carbocycles. The normalized spacial score (nSPS) is 14.9. The minimum Gasteiger partial charge on any atom is -0.349 e. The van der Waals surface area contributed by atoms with E-state index in [1.807, 2.05) is 31.2 Å². The zero-order valence-electron chi connectivity index (χ0n) is 13.4. The van der Waals surface area contributed by atoms with E-state index < -0.39 is 0 Å². The van der Waals surface area contributed by atoms with Crippen LogP contribution in [0.1, 0.15) is 48.1 Å². The molecule has 3 heteroatoms. The van der Waals surface area contributed by atoms with Gasteiger partial charge in [-0.3, -0.25) is 4.79 Å². The topological polar surface area (TPSA) is 29.1 Å². The molecule has 0 spiro atoms. The fourth-order valence-electron chi connectivity index (χ4n) is 3.21. The first-order valence-electron chi connectivity index (χ1n) is 8.28. The van der Waals surface area contributed by atoms with Gasteiger partial charge in [0.2, 0.25) is 5.91 Å². The molecule has 2 aromatic rings. The van der Waals surface area contributed by atoms with Crippen molar-refractivity contribution in [3.05, 3.63) is 69.7 Å². The monoisotopic (exact) mass is 327 g/mol. The summed E-state index contributed by atoms with van der Waals surface area (Å²) < 4.78 is 0. The number of fused-ring (bicyclic) bond motifs is 1. The lowest BCUT2D eigenvalue weighted by molar-refractivity contribution is -0.121. The van der Waals surface area contributed by atoms with Gasteiger partial charge >= 0.3 is 0 Å². The van der Waals surface area contributed by atoms with Gasteiger partial charge in [-0.15, -0.1) is 0 Å². The van der Waals surface area contributed by atoms with E-state index in [-0.39, 0.29) is 11.9 Å². The van der Waals surface area contributed by atoms with Crippen molar-refractivity contribution >= 4 is 17.5 Å². The smallest absolute Gasteiger partial charge is 0.224 e. The Morgan fingerprint density at radius 2 is 1.87 bits per heavy atom. The second-order valence-corrected chi connectivity index (χ2v) is 6.70. The van der Waals surface area contributed by atoms with Crippen LogP contribution in [0, 0.1) is 0 Å². The van der Waals surface area contributed by atoms with Gasteiger partial charge in [0.1, 0.15) is 0 Å². The van der Waals surface area contributed by atoms with E-state index in [9.17, 15) is 4.79 Å². The lowest BCUT2D eigenvalue weighted by Gasteiger charge is -2.20. The summed E-state index contributed by atoms with van der Waals surface area (Å²) in [5, 5.41) is 3.72. The van der Waals surface area contributed by atoms with Crippen molar-refractivity contribution in [2.45, 2.75) is 45.1 Å². The van der Waals surface area contributed by atoms with Crippen molar-refractivity contribution in [2.24, 2.45) is 0 Å². The highest BCUT2D eigenvalue weighted by molar-refractivity contribution is 6.31. The van der Waals surface area contributed by atoms with Crippen molar-refractivity contribution < 1.29 is 4.79 Å². The van der Waals surface area contributed by atoms with E-state index >= 15 is 0 Å². The molecular formula is C20H22ClNO. The molecule has 1 amide bonds. The molecule has 2 aromatic carbocycles. The van der Waals surface area contributed by atoms with Crippen molar-refractivity contribution in [2.75, 3.05) is 0 Å². The zero-order chi connectivity index (χ0) is 16.2. The molecule has 1 atom stereocenters. The summed E-state index contributed by atoms with van der Waals surface area (Å²) >= 11 is 6.12. The van der Waals surface area contributed by atoms with Crippen LogP contribution < -0.4 is 5.32 Å². The summed E-state index contributed by atoms with van der Waals surface area (Å²) in [6, 6.07) is 14.1. The Hall–Kier alpha value is -1.80. The maximum absolute atomic E-state index is 12.3. The van der Waals surface area contributed by atoms with E-state index in [1.54, 1.807) is 0 Å². The molecule has 1 N–H and O–H groups in total. The first-order valence-corrected chi connectivity index (χ1v) is 8.66. The lowest BCUT2D eigenvalue weighted by atomic mass is 9.89. The second-order valence-electron chi connectivity index (χ2n) is 6.29. The highest BCUT2D eigenvalue weighted by atomic mass is 35.5. The van der Waals surface area contributed by atoms with Gasteiger partial charge in [0, 0.05) is 5.02 Å². The van der Waals surface area contributed by atoms with Gasteiger partial charge in [-0.05, 0) is 60.9 Å². The summed E-state index contributed by atoms with van der Waals surface area (Å²) in [7, 11) is 0. The summed E-state index contributed by atoms with van der Waals surface area (Å²) in [5.74, 6) is 0.00307. The Bertz CT molecular complexity index is 711. The van der Waals surface area contributed by atoms with Gasteiger partial charge in [-0.2, -0.15) is 0 Å². The molecule has 23 heavy (non-hydrogen) atoms. The lowest BCUT2D eigenvalue weighted by Crippen LogP contribution is -2.28. The number of hydrogen-bond donors (Lipinski definition) is 1. The van der Waals surface area contributed by atoms with Crippen LogP contribution in [0.2, 0.25) is 5.02 Å². The van der Waals surface area contributed by atoms with Crippen LogP contribution in [0.25, 0.3) is 0 Å². The van der Waals surface area contributed by atoms with Gasteiger partial charge in [0.05, 0.1) is 12.5 Å². The standard InChI is InChI=1S/C20H22ClNO/c1-14(16-11-10-15-6-2-3-7-17(15)12-16)22-20(23)13-18-8-4-5-9-19(18)21/h4-5,8-12,14H,2-3,6-7,13H2,1H3,(H,22,23)/t14-/m0/s1. The summed E-state index contributed by atoms with van der Waals surface area (Å²) in [4.78, 5) is 12.3. The number of nitrogens with one attached hydrogen (secondary N) is 1. The number of halogens is 1. The molecule has 0 heterocycles. The molecule has 3 rings (SSSR count). The molecule has 0 saturated heterocycles. The fraction of sp³-hybridized carbons (Fsp3) is 0.350. The van der Waals surface area contributed by atoms with Crippen LogP contribution in [0.3, 0.4) is 0 Å². The van der Waals surface area contributed by atoms with Crippen LogP contribution in [0.4, 0.5) is 0 Å². The van der Waals surface area contributed by atoms with Crippen molar-refractivity contribution in [1.29, 1.82) is 0 Å². The third-order valence-electron chi connectivity index (χ3n) is 4.56. The van der Waals surface area contributed by atoms with E-state index in [0.29, 0.717) is 11.4 Å². The van der Waals surface area contributed by atoms with Gasteiger partial charge in [-0.25, -0.2) is 0 Å². The number of carbonyl (C=O) groups is 1. The molecule has 0 aromatic heterocycles. The van der Waals surface area contributed by atoms with Crippen LogP contribution in [0.15, 0.2) is 42.5 Å². The van der Waals surface area contributed by atoms with Gasteiger partial charge < -0.3 is 5.32 Å². The summed E-state index contributed by atoms with van der Waals surface area (Å²) in [6.07, 6.45) is 5.21. The molecule has 0 fully saturated rings. The quantitative estimate of drug-likeness (QED) is 0.871. The Kier molecular flexibility index (Phi) is 5.02. The van der Waals surface area contributed by atoms with Crippen LogP contribution in [-0.4, -0.2) is 5.91 Å². The Balaban J connectivity index is 1.65. The van der Waals surface area contributed by atoms with E-state index in [0.717, 1.165) is 12.0 Å². The zero-order valence-corrected chi connectivity index (χ0v) is 14.2. The molecule has 1 aliphatic rings. The van der Waals surface area contributed by atoms with Crippen molar-refractivity contribution in [3.63, 3.8) is 0 Å². The predicted octanol–water partition coefficient (Wildman–Crippen LogP) is 4.64. The average molecular weight is 328 g/mol. The number of benzene rings is 2. The summed E-state index contributed by atoms with van der Waals surface area (Å²) in [6.45, 7) is 2.04. The van der Waals surface area contributed by atoms with Crippen LogP contribution in [0.5, 0.6) is 0 Å². The number of carbonyl (C=O) groups excluding carboxylic acids is 1. The predicted molar refractivity (Wildman–Crippen MR) is 94.8 cm³/mol. The molecule has 1 aliphatic carbocycles. The third kappa shape index (κ3) is 3.94. The number of aryl methyl sites for hydroxylation is 2. The maximum Gasteiger partial charge on any atom is 0.224 e. The maximum atomic E-state index is 12.3. The van der Waals surface area contributed by atoms with Crippen LogP contribution >= 0.6 is 11.6 Å². The number of hydrogen-bond acceptors (Lipinski definition) is 1. The highest BCUT2D eigenvalue weighted by Gasteiger charge is 2.14. The van der Waals surface area contributed by atoms with Crippen LogP contribution in [-0.2, 0) is 24.1 Å². The van der Waals surface area contributed by atoms with Gasteiger partial charge in [0.15, 0.2) is 0 Å².